The van der Waals surface area contributed by atoms with Gasteiger partial charge in [-0.2, -0.15) is 0 Å². The number of ether oxygens (including phenoxy) is 2. The van der Waals surface area contributed by atoms with Crippen LogP contribution >= 0.6 is 0 Å². The Hall–Kier alpha value is -2.74. The molecule has 8 heteroatoms. The predicted octanol–water partition coefficient (Wildman–Crippen LogP) is 4.20. The van der Waals surface area contributed by atoms with E-state index in [9.17, 15) is 13.2 Å². The summed E-state index contributed by atoms with van der Waals surface area (Å²) in [5, 5.41) is 2.85. The van der Waals surface area contributed by atoms with Crippen molar-refractivity contribution in [2.75, 3.05) is 29.5 Å². The lowest BCUT2D eigenvalue weighted by Crippen LogP contribution is -2.31. The fourth-order valence-corrected chi connectivity index (χ4v) is 4.69. The molecule has 1 aliphatic carbocycles. The van der Waals surface area contributed by atoms with Gasteiger partial charge in [0, 0.05) is 18.7 Å². The number of carbonyl (C=O) groups excluding carboxylic acids is 1. The quantitative estimate of drug-likeness (QED) is 0.591. The molecule has 2 aromatic carbocycles. The van der Waals surface area contributed by atoms with E-state index in [0.717, 1.165) is 24.8 Å². The number of hydrogen-bond acceptors (Lipinski definition) is 5. The summed E-state index contributed by atoms with van der Waals surface area (Å²) in [6, 6.07) is 14.3. The highest BCUT2D eigenvalue weighted by Crippen LogP contribution is 2.30. The number of benzene rings is 2. The van der Waals surface area contributed by atoms with E-state index >= 15 is 0 Å². The third-order valence-corrected chi connectivity index (χ3v) is 6.44. The van der Waals surface area contributed by atoms with Gasteiger partial charge in [-0.3, -0.25) is 9.10 Å². The van der Waals surface area contributed by atoms with Crippen LogP contribution in [0.25, 0.3) is 0 Å². The predicted molar refractivity (Wildman–Crippen MR) is 122 cm³/mol. The van der Waals surface area contributed by atoms with Gasteiger partial charge in [0.2, 0.25) is 15.9 Å². The molecule has 1 aliphatic rings. The van der Waals surface area contributed by atoms with Gasteiger partial charge in [-0.15, -0.1) is 0 Å². The Morgan fingerprint density at radius 3 is 2.42 bits per heavy atom. The van der Waals surface area contributed by atoms with Crippen molar-refractivity contribution in [1.82, 2.24) is 0 Å². The highest BCUT2D eigenvalue weighted by atomic mass is 32.2. The standard InChI is InChI=1S/C23H30N2O5S/c1-29-22-11-6-5-10-21(22)25(31(2,27)28)17-7-12-23(26)24-18-13-15-20(16-14-18)30-19-8-3-4-9-19/h5-6,10-11,13-16,19H,3-4,7-9,12,17H2,1-2H3,(H,24,26). The molecule has 1 saturated carbocycles. The first kappa shape index (κ1) is 22.9. The highest BCUT2D eigenvalue weighted by molar-refractivity contribution is 7.92. The number of sulfonamides is 1. The van der Waals surface area contributed by atoms with Gasteiger partial charge >= 0.3 is 0 Å². The number of hydrogen-bond donors (Lipinski definition) is 1. The van der Waals surface area contributed by atoms with Gasteiger partial charge in [-0.05, 0) is 68.5 Å². The van der Waals surface area contributed by atoms with Crippen molar-refractivity contribution in [2.24, 2.45) is 0 Å². The number of rotatable bonds is 10. The molecule has 0 saturated heterocycles. The van der Waals surface area contributed by atoms with Gasteiger partial charge in [0.1, 0.15) is 11.5 Å². The van der Waals surface area contributed by atoms with E-state index in [1.165, 1.54) is 24.3 Å². The number of nitrogens with one attached hydrogen (secondary N) is 1. The molecule has 0 atom stereocenters. The molecule has 1 N–H and O–H groups in total. The zero-order chi connectivity index (χ0) is 22.3. The second kappa shape index (κ2) is 10.5. The monoisotopic (exact) mass is 446 g/mol. The Bertz CT molecular complexity index is 970. The second-order valence-electron chi connectivity index (χ2n) is 7.71. The Balaban J connectivity index is 1.52. The maximum atomic E-state index is 12.3. The van der Waals surface area contributed by atoms with E-state index in [1.807, 2.05) is 24.3 Å². The molecular weight excluding hydrogens is 416 g/mol. The summed E-state index contributed by atoms with van der Waals surface area (Å²) >= 11 is 0. The van der Waals surface area contributed by atoms with Crippen LogP contribution < -0.4 is 19.1 Å². The van der Waals surface area contributed by atoms with Crippen LogP contribution in [0.3, 0.4) is 0 Å². The van der Waals surface area contributed by atoms with Gasteiger partial charge < -0.3 is 14.8 Å². The number of nitrogens with zero attached hydrogens (tertiary/aromatic N) is 1. The lowest BCUT2D eigenvalue weighted by Gasteiger charge is -2.24. The maximum Gasteiger partial charge on any atom is 0.232 e. The Kier molecular flexibility index (Phi) is 7.79. The molecule has 3 rings (SSSR count). The minimum Gasteiger partial charge on any atom is -0.495 e. The van der Waals surface area contributed by atoms with Crippen LogP contribution in [0.15, 0.2) is 48.5 Å². The van der Waals surface area contributed by atoms with Crippen LogP contribution in [0, 0.1) is 0 Å². The van der Waals surface area contributed by atoms with Crippen LogP contribution in [-0.2, 0) is 14.8 Å². The summed E-state index contributed by atoms with van der Waals surface area (Å²) in [6.07, 6.45) is 6.63. The minimum absolute atomic E-state index is 0.169. The first-order valence-corrected chi connectivity index (χ1v) is 12.4. The fraction of sp³-hybridized carbons (Fsp3) is 0.435. The van der Waals surface area contributed by atoms with Crippen molar-refractivity contribution in [2.45, 2.75) is 44.6 Å². The first-order chi connectivity index (χ1) is 14.9. The van der Waals surface area contributed by atoms with Crippen molar-refractivity contribution in [3.8, 4) is 11.5 Å². The molecule has 0 bridgehead atoms. The molecule has 1 fully saturated rings. The Morgan fingerprint density at radius 1 is 1.10 bits per heavy atom. The lowest BCUT2D eigenvalue weighted by molar-refractivity contribution is -0.116. The highest BCUT2D eigenvalue weighted by Gasteiger charge is 2.21. The van der Waals surface area contributed by atoms with Crippen molar-refractivity contribution in [3.63, 3.8) is 0 Å². The molecule has 0 spiro atoms. The number of carbonyl (C=O) groups is 1. The number of methoxy groups -OCH3 is 1. The summed E-state index contributed by atoms with van der Waals surface area (Å²) in [5.41, 5.74) is 1.15. The van der Waals surface area contributed by atoms with E-state index in [0.29, 0.717) is 29.6 Å². The average molecular weight is 447 g/mol. The summed E-state index contributed by atoms with van der Waals surface area (Å²) in [5.74, 6) is 1.11. The largest absolute Gasteiger partial charge is 0.495 e. The SMILES string of the molecule is COc1ccccc1N(CCCC(=O)Nc1ccc(OC2CCCC2)cc1)S(C)(=O)=O. The average Bonchev–Trinajstić information content (AvgIpc) is 3.25. The zero-order valence-corrected chi connectivity index (χ0v) is 18.9. The lowest BCUT2D eigenvalue weighted by atomic mass is 10.2. The van der Waals surface area contributed by atoms with Gasteiger partial charge in [0.15, 0.2) is 0 Å². The summed E-state index contributed by atoms with van der Waals surface area (Å²) in [4.78, 5) is 12.3. The zero-order valence-electron chi connectivity index (χ0n) is 18.0. The number of amides is 1. The van der Waals surface area contributed by atoms with Crippen LogP contribution in [0.4, 0.5) is 11.4 Å². The molecular formula is C23H30N2O5S. The van der Waals surface area contributed by atoms with Crippen molar-refractivity contribution < 1.29 is 22.7 Å². The third-order valence-electron chi connectivity index (χ3n) is 5.26. The van der Waals surface area contributed by atoms with Crippen LogP contribution in [-0.4, -0.2) is 40.3 Å². The van der Waals surface area contributed by atoms with Gasteiger partial charge in [0.25, 0.3) is 0 Å². The molecule has 0 radical (unpaired) electrons. The van der Waals surface area contributed by atoms with E-state index in [1.54, 1.807) is 24.3 Å². The van der Waals surface area contributed by atoms with Gasteiger partial charge in [-0.1, -0.05) is 12.1 Å². The Labute approximate surface area is 184 Å². The topological polar surface area (TPSA) is 84.9 Å². The fourth-order valence-electron chi connectivity index (χ4n) is 3.72. The summed E-state index contributed by atoms with van der Waals surface area (Å²) in [7, 11) is -2.02. The number of para-hydroxylation sites is 2. The van der Waals surface area contributed by atoms with Crippen LogP contribution in [0.5, 0.6) is 11.5 Å². The maximum absolute atomic E-state index is 12.3. The molecule has 0 aliphatic heterocycles. The molecule has 0 aromatic heterocycles. The van der Waals surface area contributed by atoms with Crippen molar-refractivity contribution >= 4 is 27.3 Å². The van der Waals surface area contributed by atoms with E-state index < -0.39 is 10.0 Å². The molecule has 7 nitrogen and oxygen atoms in total. The molecule has 31 heavy (non-hydrogen) atoms. The molecule has 0 heterocycles. The second-order valence-corrected chi connectivity index (χ2v) is 9.61. The van der Waals surface area contributed by atoms with Crippen molar-refractivity contribution in [3.05, 3.63) is 48.5 Å². The smallest absolute Gasteiger partial charge is 0.232 e. The summed E-state index contributed by atoms with van der Waals surface area (Å²) in [6.45, 7) is 0.181. The molecule has 168 valence electrons. The van der Waals surface area contributed by atoms with E-state index in [-0.39, 0.29) is 18.9 Å². The van der Waals surface area contributed by atoms with Crippen LogP contribution in [0.1, 0.15) is 38.5 Å². The molecule has 1 amide bonds. The minimum atomic E-state index is -3.51. The first-order valence-electron chi connectivity index (χ1n) is 10.5. The number of anilines is 2. The van der Waals surface area contributed by atoms with E-state index in [4.69, 9.17) is 9.47 Å². The normalized spacial score (nSPS) is 14.3. The summed E-state index contributed by atoms with van der Waals surface area (Å²) < 4.78 is 37.1. The molecule has 0 unspecified atom stereocenters. The Morgan fingerprint density at radius 2 is 1.77 bits per heavy atom. The molecule has 2 aromatic rings. The third kappa shape index (κ3) is 6.62. The van der Waals surface area contributed by atoms with Crippen molar-refractivity contribution in [1.29, 1.82) is 0 Å². The van der Waals surface area contributed by atoms with Crippen LogP contribution in [0.2, 0.25) is 0 Å². The van der Waals surface area contributed by atoms with E-state index in [2.05, 4.69) is 5.32 Å². The van der Waals surface area contributed by atoms with Gasteiger partial charge in [-0.25, -0.2) is 8.42 Å². The van der Waals surface area contributed by atoms with Gasteiger partial charge in [0.05, 0.1) is 25.2 Å².